The lowest BCUT2D eigenvalue weighted by molar-refractivity contribution is -0.151. The molecule has 0 amide bonds. The van der Waals surface area contributed by atoms with Crippen molar-refractivity contribution < 1.29 is 21.6 Å². The maximum Gasteiger partial charge on any atom is 0.413 e. The van der Waals surface area contributed by atoms with Crippen molar-refractivity contribution in [2.75, 3.05) is 6.61 Å². The van der Waals surface area contributed by atoms with Crippen LogP contribution in [0, 0.1) is 0 Å². The van der Waals surface area contributed by atoms with Crippen molar-refractivity contribution in [3.8, 4) is 0 Å². The lowest BCUT2D eigenvalue weighted by atomic mass is 10.7. The van der Waals surface area contributed by atoms with Gasteiger partial charge < -0.3 is 0 Å². The van der Waals surface area contributed by atoms with Gasteiger partial charge in [0.25, 0.3) is 10.3 Å². The summed E-state index contributed by atoms with van der Waals surface area (Å²) in [6.07, 6.45) is -4.47. The zero-order chi connectivity index (χ0) is 7.49. The molecule has 2 nitrogen and oxygen atoms in total. The molecule has 0 aromatic rings. The SMILES string of the molecule is O=[S@@](Cl)OCC(F)(F)F. The summed E-state index contributed by atoms with van der Waals surface area (Å²) in [4.78, 5) is 0. The Hall–Kier alpha value is 0.190. The Labute approximate surface area is 56.1 Å². The molecule has 0 spiro atoms. The van der Waals surface area contributed by atoms with Gasteiger partial charge in [0.15, 0.2) is 6.61 Å². The van der Waals surface area contributed by atoms with Crippen LogP contribution in [-0.2, 0) is 14.5 Å². The Morgan fingerprint density at radius 2 is 2.00 bits per heavy atom. The summed E-state index contributed by atoms with van der Waals surface area (Å²) in [5.41, 5.74) is 0. The van der Waals surface area contributed by atoms with E-state index in [1.807, 2.05) is 0 Å². The molecular formula is C2H2ClF3O2S. The third kappa shape index (κ3) is 8.19. The maximum absolute atomic E-state index is 11.1. The fraction of sp³-hybridized carbons (Fsp3) is 1.00. The van der Waals surface area contributed by atoms with Gasteiger partial charge in [0, 0.05) is 10.7 Å². The quantitative estimate of drug-likeness (QED) is 0.603. The van der Waals surface area contributed by atoms with Crippen LogP contribution >= 0.6 is 10.7 Å². The summed E-state index contributed by atoms with van der Waals surface area (Å²) in [5.74, 6) is 0. The van der Waals surface area contributed by atoms with Gasteiger partial charge in [-0.3, -0.25) is 4.18 Å². The Morgan fingerprint density at radius 1 is 1.56 bits per heavy atom. The molecule has 0 aromatic heterocycles. The minimum absolute atomic E-state index is 1.58. The van der Waals surface area contributed by atoms with Crippen molar-refractivity contribution in [1.82, 2.24) is 0 Å². The Morgan fingerprint density at radius 3 is 2.11 bits per heavy atom. The van der Waals surface area contributed by atoms with E-state index in [2.05, 4.69) is 14.9 Å². The van der Waals surface area contributed by atoms with Crippen LogP contribution in [0.5, 0.6) is 0 Å². The Balaban J connectivity index is 3.39. The van der Waals surface area contributed by atoms with Crippen LogP contribution in [-0.4, -0.2) is 17.0 Å². The van der Waals surface area contributed by atoms with Gasteiger partial charge in [-0.15, -0.1) is 0 Å². The fourth-order valence-corrected chi connectivity index (χ4v) is 0.473. The molecule has 0 aliphatic rings. The van der Waals surface area contributed by atoms with E-state index in [0.717, 1.165) is 0 Å². The third-order valence-electron chi connectivity index (χ3n) is 0.315. The highest BCUT2D eigenvalue weighted by Gasteiger charge is 2.28. The second-order valence-electron chi connectivity index (χ2n) is 1.07. The molecule has 56 valence electrons. The molecular weight excluding hydrogens is 181 g/mol. The van der Waals surface area contributed by atoms with E-state index < -0.39 is 23.1 Å². The zero-order valence-electron chi connectivity index (χ0n) is 3.94. The second kappa shape index (κ2) is 3.38. The van der Waals surface area contributed by atoms with E-state index in [9.17, 15) is 17.4 Å². The molecule has 0 fully saturated rings. The lowest BCUT2D eigenvalue weighted by Crippen LogP contribution is -2.16. The molecule has 0 aliphatic carbocycles. The van der Waals surface area contributed by atoms with Crippen LogP contribution in [0.25, 0.3) is 0 Å². The lowest BCUT2D eigenvalue weighted by Gasteiger charge is -2.01. The topological polar surface area (TPSA) is 26.3 Å². The standard InChI is InChI=1S/C2H2ClF3O2S/c3-9(7)8-1-2(4,5)6/h1H2/t9-/m1/s1. The fourth-order valence-electron chi connectivity index (χ4n) is 0.113. The van der Waals surface area contributed by atoms with Crippen LogP contribution in [0.2, 0.25) is 0 Å². The molecule has 0 bridgehead atoms. The van der Waals surface area contributed by atoms with Crippen molar-refractivity contribution in [2.24, 2.45) is 0 Å². The molecule has 0 saturated carbocycles. The maximum atomic E-state index is 11.1. The molecule has 9 heavy (non-hydrogen) atoms. The monoisotopic (exact) mass is 182 g/mol. The van der Waals surface area contributed by atoms with Gasteiger partial charge in [-0.2, -0.15) is 13.2 Å². The van der Waals surface area contributed by atoms with Gasteiger partial charge in [0.2, 0.25) is 0 Å². The number of rotatable bonds is 2. The summed E-state index contributed by atoms with van der Waals surface area (Å²) in [6, 6.07) is 0. The van der Waals surface area contributed by atoms with Crippen molar-refractivity contribution in [2.45, 2.75) is 6.18 Å². The van der Waals surface area contributed by atoms with Gasteiger partial charge in [-0.25, -0.2) is 4.21 Å². The molecule has 0 saturated heterocycles. The predicted octanol–water partition coefficient (Wildman–Crippen LogP) is 1.38. The summed E-state index contributed by atoms with van der Waals surface area (Å²) in [6.45, 7) is -1.58. The zero-order valence-corrected chi connectivity index (χ0v) is 5.52. The molecule has 7 heteroatoms. The third-order valence-corrected chi connectivity index (χ3v) is 0.886. The molecule has 0 N–H and O–H groups in total. The van der Waals surface area contributed by atoms with Gasteiger partial charge in [0.1, 0.15) is 0 Å². The highest BCUT2D eigenvalue weighted by molar-refractivity contribution is 8.04. The van der Waals surface area contributed by atoms with Gasteiger partial charge in [-0.05, 0) is 0 Å². The van der Waals surface area contributed by atoms with Crippen LogP contribution in [0.1, 0.15) is 0 Å². The van der Waals surface area contributed by atoms with E-state index in [-0.39, 0.29) is 0 Å². The number of hydrogen-bond acceptors (Lipinski definition) is 2. The highest BCUT2D eigenvalue weighted by atomic mass is 35.7. The molecule has 0 aromatic carbocycles. The van der Waals surface area contributed by atoms with Crippen molar-refractivity contribution in [1.29, 1.82) is 0 Å². The van der Waals surface area contributed by atoms with Crippen molar-refractivity contribution in [3.05, 3.63) is 0 Å². The average molecular weight is 183 g/mol. The van der Waals surface area contributed by atoms with Gasteiger partial charge >= 0.3 is 6.18 Å². The van der Waals surface area contributed by atoms with E-state index in [4.69, 9.17) is 0 Å². The first-order valence-corrected chi connectivity index (χ1v) is 3.60. The molecule has 0 heterocycles. The van der Waals surface area contributed by atoms with Gasteiger partial charge in [0.05, 0.1) is 0 Å². The molecule has 0 aliphatic heterocycles. The van der Waals surface area contributed by atoms with Crippen molar-refractivity contribution in [3.63, 3.8) is 0 Å². The van der Waals surface area contributed by atoms with Crippen LogP contribution in [0.15, 0.2) is 0 Å². The van der Waals surface area contributed by atoms with Gasteiger partial charge in [-0.1, -0.05) is 0 Å². The number of alkyl halides is 3. The van der Waals surface area contributed by atoms with Crippen LogP contribution < -0.4 is 0 Å². The number of hydrogen-bond donors (Lipinski definition) is 0. The first-order valence-electron chi connectivity index (χ1n) is 1.70. The first kappa shape index (κ1) is 9.19. The summed E-state index contributed by atoms with van der Waals surface area (Å²) in [7, 11) is 2.17. The van der Waals surface area contributed by atoms with Crippen LogP contribution in [0.4, 0.5) is 13.2 Å². The molecule has 0 radical (unpaired) electrons. The van der Waals surface area contributed by atoms with E-state index in [1.54, 1.807) is 0 Å². The van der Waals surface area contributed by atoms with E-state index in [0.29, 0.717) is 0 Å². The smallest absolute Gasteiger partial charge is 0.269 e. The minimum Gasteiger partial charge on any atom is -0.269 e. The van der Waals surface area contributed by atoms with Crippen molar-refractivity contribution >= 4 is 21.0 Å². The summed E-state index contributed by atoms with van der Waals surface area (Å²) >= 11 is 0. The molecule has 0 rings (SSSR count). The van der Waals surface area contributed by atoms with E-state index >= 15 is 0 Å². The Kier molecular flexibility index (Phi) is 3.45. The highest BCUT2D eigenvalue weighted by Crippen LogP contribution is 2.15. The Bertz CT molecular complexity index is 113. The predicted molar refractivity (Wildman–Crippen MR) is 26.0 cm³/mol. The summed E-state index contributed by atoms with van der Waals surface area (Å²) < 4.78 is 46.5. The molecule has 0 unspecified atom stereocenters. The average Bonchev–Trinajstić information content (AvgIpc) is 1.59. The number of halogens is 4. The van der Waals surface area contributed by atoms with Crippen LogP contribution in [0.3, 0.4) is 0 Å². The summed E-state index contributed by atoms with van der Waals surface area (Å²) in [5, 5.41) is 0. The normalized spacial score (nSPS) is 15.6. The minimum atomic E-state index is -4.47. The molecule has 1 atom stereocenters. The second-order valence-corrected chi connectivity index (χ2v) is 2.45. The largest absolute Gasteiger partial charge is 0.413 e. The first-order chi connectivity index (χ1) is 3.92. The van der Waals surface area contributed by atoms with E-state index in [1.165, 1.54) is 0 Å².